The molecular formula is C60H58N4O. The lowest BCUT2D eigenvalue weighted by atomic mass is 9.83. The zero-order chi connectivity index (χ0) is 44.7. The number of ether oxygens (including phenoxy) is 1. The van der Waals surface area contributed by atoms with Gasteiger partial charge in [-0.1, -0.05) is 151 Å². The van der Waals surface area contributed by atoms with Crippen LogP contribution >= 0.6 is 0 Å². The van der Waals surface area contributed by atoms with Crippen LogP contribution in [0.3, 0.4) is 0 Å². The molecule has 0 saturated carbocycles. The largest absolute Gasteiger partial charge is 0.457 e. The fourth-order valence-corrected chi connectivity index (χ4v) is 9.45. The van der Waals surface area contributed by atoms with Crippen molar-refractivity contribution in [3.63, 3.8) is 0 Å². The van der Waals surface area contributed by atoms with Crippen LogP contribution in [0.1, 0.15) is 71.1 Å². The number of pyridine rings is 1. The molecule has 9 aromatic rings. The van der Waals surface area contributed by atoms with Gasteiger partial charge in [0.2, 0.25) is 0 Å². The summed E-state index contributed by atoms with van der Waals surface area (Å²) >= 11 is 0. The Labute approximate surface area is 384 Å². The van der Waals surface area contributed by atoms with Gasteiger partial charge in [-0.3, -0.25) is 4.57 Å². The summed E-state index contributed by atoms with van der Waals surface area (Å²) in [4.78, 5) is 9.83. The third-order valence-corrected chi connectivity index (χ3v) is 13.1. The second-order valence-electron chi connectivity index (χ2n) is 19.6. The molecular weight excluding hydrogens is 793 g/mol. The fourth-order valence-electron chi connectivity index (χ4n) is 9.45. The predicted octanol–water partition coefficient (Wildman–Crippen LogP) is 15.8. The molecule has 0 saturated heterocycles. The van der Waals surface area contributed by atoms with Crippen LogP contribution < -0.4 is 14.5 Å². The Morgan fingerprint density at radius 2 is 1.20 bits per heavy atom. The summed E-state index contributed by atoms with van der Waals surface area (Å²) in [6.07, 6.45) is 5.15. The number of rotatable bonds is 11. The number of benzene rings is 7. The molecule has 324 valence electrons. The summed E-state index contributed by atoms with van der Waals surface area (Å²) in [5.41, 5.74) is 15.1. The lowest BCUT2D eigenvalue weighted by Crippen LogP contribution is -2.28. The Kier molecular flexibility index (Phi) is 11.0. The average Bonchev–Trinajstić information content (AvgIpc) is 3.86. The van der Waals surface area contributed by atoms with Crippen molar-refractivity contribution < 1.29 is 4.74 Å². The van der Waals surface area contributed by atoms with Crippen LogP contribution in [0.5, 0.6) is 11.5 Å². The number of hydrogen-bond donors (Lipinski definition) is 0. The minimum Gasteiger partial charge on any atom is -0.457 e. The first-order valence-corrected chi connectivity index (χ1v) is 23.2. The van der Waals surface area contributed by atoms with E-state index in [-0.39, 0.29) is 10.8 Å². The van der Waals surface area contributed by atoms with Gasteiger partial charge in [-0.15, -0.1) is 0 Å². The number of unbranched alkanes of at least 4 members (excludes halogenated alkanes) is 1. The monoisotopic (exact) mass is 850 g/mol. The maximum atomic E-state index is 6.71. The van der Waals surface area contributed by atoms with Gasteiger partial charge in [0.25, 0.3) is 0 Å². The highest BCUT2D eigenvalue weighted by molar-refractivity contribution is 6.09. The number of aryl methyl sites for hydroxylation is 1. The highest BCUT2D eigenvalue weighted by atomic mass is 16.5. The average molecular weight is 851 g/mol. The van der Waals surface area contributed by atoms with Gasteiger partial charge < -0.3 is 14.5 Å². The molecule has 0 N–H and O–H groups in total. The van der Waals surface area contributed by atoms with Crippen LogP contribution in [0.4, 0.5) is 17.1 Å². The number of para-hydroxylation sites is 3. The molecule has 0 atom stereocenters. The van der Waals surface area contributed by atoms with Crippen LogP contribution in [0, 0.1) is 0 Å². The van der Waals surface area contributed by atoms with Crippen molar-refractivity contribution in [1.82, 2.24) is 9.55 Å². The molecule has 1 aliphatic rings. The van der Waals surface area contributed by atoms with Crippen molar-refractivity contribution in [1.29, 1.82) is 0 Å². The van der Waals surface area contributed by atoms with Gasteiger partial charge in [0.15, 0.2) is 0 Å². The van der Waals surface area contributed by atoms with Gasteiger partial charge in [-0.05, 0) is 124 Å². The molecule has 5 nitrogen and oxygen atoms in total. The van der Waals surface area contributed by atoms with Crippen molar-refractivity contribution in [2.24, 2.45) is 0 Å². The smallest absolute Gasteiger partial charge is 0.137 e. The molecule has 0 spiro atoms. The minimum atomic E-state index is 0.00393. The maximum Gasteiger partial charge on any atom is 0.137 e. The molecule has 0 unspecified atom stereocenters. The third-order valence-electron chi connectivity index (χ3n) is 13.1. The van der Waals surface area contributed by atoms with Crippen LogP contribution in [0.2, 0.25) is 0 Å². The second kappa shape index (κ2) is 17.1. The maximum absolute atomic E-state index is 6.71. The van der Waals surface area contributed by atoms with E-state index >= 15 is 0 Å². The van der Waals surface area contributed by atoms with Crippen molar-refractivity contribution >= 4 is 38.9 Å². The fraction of sp³-hybridized carbons (Fsp3) is 0.217. The predicted molar refractivity (Wildman–Crippen MR) is 274 cm³/mol. The van der Waals surface area contributed by atoms with Crippen LogP contribution in [-0.2, 0) is 17.3 Å². The molecule has 7 aromatic carbocycles. The third kappa shape index (κ3) is 8.51. The van der Waals surface area contributed by atoms with E-state index in [2.05, 4.69) is 232 Å². The minimum absolute atomic E-state index is 0.00393. The molecule has 0 bridgehead atoms. The van der Waals surface area contributed by atoms with Crippen molar-refractivity contribution in [2.45, 2.75) is 71.6 Å². The van der Waals surface area contributed by atoms with E-state index in [9.17, 15) is 0 Å². The standard InChI is InChI=1S/C60H58N4O/c1-59(2,3)46-30-32-51(44-28-26-43(27-29-44)42-17-8-7-9-18-42)45(37-46)19-14-15-36-62-41-63(56-25-13-12-24-55(56)62)48-20-16-21-49(39-48)65-50-31-33-53-52-22-10-11-23-54(52)64(57(53)40-50)58-38-47(34-35-61-58)60(4,5)6/h7-13,16-18,20-35,37-40H,14-15,19,36,41H2,1-6H3. The van der Waals surface area contributed by atoms with Gasteiger partial charge in [-0.25, -0.2) is 4.98 Å². The highest BCUT2D eigenvalue weighted by Gasteiger charge is 2.27. The first-order chi connectivity index (χ1) is 31.5. The zero-order valence-corrected chi connectivity index (χ0v) is 38.6. The van der Waals surface area contributed by atoms with Gasteiger partial charge >= 0.3 is 0 Å². The highest BCUT2D eigenvalue weighted by Crippen LogP contribution is 2.43. The Morgan fingerprint density at radius 3 is 2.00 bits per heavy atom. The van der Waals surface area contributed by atoms with Crippen LogP contribution in [0.25, 0.3) is 49.9 Å². The summed E-state index contributed by atoms with van der Waals surface area (Å²) in [6.45, 7) is 15.4. The molecule has 2 aromatic heterocycles. The normalized spacial score (nSPS) is 12.9. The summed E-state index contributed by atoms with van der Waals surface area (Å²) in [7, 11) is 0. The van der Waals surface area contributed by atoms with Crippen LogP contribution in [0.15, 0.2) is 182 Å². The van der Waals surface area contributed by atoms with E-state index in [1.54, 1.807) is 0 Å². The van der Waals surface area contributed by atoms with Gasteiger partial charge in [0.05, 0.1) is 29.1 Å². The SMILES string of the molecule is CC(C)(C)c1ccnc(-n2c3ccccc3c3ccc(Oc4cccc(N5CN(CCCCc6cc(C(C)(C)C)ccc6-c6ccc(-c7ccccc7)cc6)c6ccccc65)c4)cc32)c1. The lowest BCUT2D eigenvalue weighted by Gasteiger charge is -2.23. The number of anilines is 3. The molecule has 1 aliphatic heterocycles. The van der Waals surface area contributed by atoms with Gasteiger partial charge in [0, 0.05) is 41.3 Å². The summed E-state index contributed by atoms with van der Waals surface area (Å²) in [5, 5.41) is 2.37. The van der Waals surface area contributed by atoms with E-state index in [0.29, 0.717) is 0 Å². The molecule has 10 rings (SSSR count). The molecule has 3 heterocycles. The second-order valence-corrected chi connectivity index (χ2v) is 19.6. The Balaban J connectivity index is 0.861. The molecule has 0 aliphatic carbocycles. The Hall–Kier alpha value is -7.11. The van der Waals surface area contributed by atoms with Crippen molar-refractivity contribution in [3.05, 3.63) is 199 Å². The first kappa shape index (κ1) is 41.9. The van der Waals surface area contributed by atoms with Gasteiger partial charge in [0.1, 0.15) is 17.3 Å². The zero-order valence-electron chi connectivity index (χ0n) is 38.6. The van der Waals surface area contributed by atoms with E-state index < -0.39 is 0 Å². The Morgan fingerprint density at radius 1 is 0.523 bits per heavy atom. The quantitative estimate of drug-likeness (QED) is 0.121. The van der Waals surface area contributed by atoms with E-state index in [1.807, 2.05) is 6.20 Å². The number of fused-ring (bicyclic) bond motifs is 4. The van der Waals surface area contributed by atoms with E-state index in [4.69, 9.17) is 9.72 Å². The topological polar surface area (TPSA) is 33.5 Å². The number of hydrogen-bond acceptors (Lipinski definition) is 4. The summed E-state index contributed by atoms with van der Waals surface area (Å²) in [6, 6.07) is 63.5. The summed E-state index contributed by atoms with van der Waals surface area (Å²) < 4.78 is 8.98. The number of aromatic nitrogens is 2. The van der Waals surface area contributed by atoms with Crippen molar-refractivity contribution in [2.75, 3.05) is 23.0 Å². The molecule has 0 amide bonds. The molecule has 5 heteroatoms. The molecule has 0 fully saturated rings. The lowest BCUT2D eigenvalue weighted by molar-refractivity contribution is 0.483. The van der Waals surface area contributed by atoms with Crippen molar-refractivity contribution in [3.8, 4) is 39.6 Å². The van der Waals surface area contributed by atoms with Crippen LogP contribution in [-0.4, -0.2) is 22.8 Å². The molecule has 65 heavy (non-hydrogen) atoms. The Bertz CT molecular complexity index is 3130. The first-order valence-electron chi connectivity index (χ1n) is 23.2. The van der Waals surface area contributed by atoms with E-state index in [1.165, 1.54) is 61.1 Å². The van der Waals surface area contributed by atoms with E-state index in [0.717, 1.165) is 66.5 Å². The van der Waals surface area contributed by atoms with Gasteiger partial charge in [-0.2, -0.15) is 0 Å². The number of nitrogens with zero attached hydrogens (tertiary/aromatic N) is 4. The molecule has 0 radical (unpaired) electrons. The summed E-state index contributed by atoms with van der Waals surface area (Å²) in [5.74, 6) is 2.50.